The molecule has 36 heavy (non-hydrogen) atoms. The third-order valence-corrected chi connectivity index (χ3v) is 8.05. The van der Waals surface area contributed by atoms with Crippen LogP contribution in [0.5, 0.6) is 0 Å². The van der Waals surface area contributed by atoms with Crippen LogP contribution in [0.1, 0.15) is 34.0 Å². The van der Waals surface area contributed by atoms with Crippen molar-refractivity contribution in [3.8, 4) is 0 Å². The van der Waals surface area contributed by atoms with E-state index >= 15 is 0 Å². The van der Waals surface area contributed by atoms with Crippen LogP contribution in [0.3, 0.4) is 0 Å². The molecule has 1 aromatic heterocycles. The number of nitrogens with zero attached hydrogens (tertiary/aromatic N) is 3. The molecule has 3 heterocycles. The zero-order valence-electron chi connectivity index (χ0n) is 20.6. The van der Waals surface area contributed by atoms with Crippen LogP contribution in [-0.4, -0.2) is 72.4 Å². The first kappa shape index (κ1) is 24.7. The highest BCUT2D eigenvalue weighted by Crippen LogP contribution is 2.37. The SMILES string of the molecule is O=C(COCc1ccccc1)N1CCCN(C(=O)CN2CCc3sccc3C2c2ccccc2)CC1. The average molecular weight is 504 g/mol. The van der Waals surface area contributed by atoms with Gasteiger partial charge < -0.3 is 14.5 Å². The first-order valence-electron chi connectivity index (χ1n) is 12.7. The van der Waals surface area contributed by atoms with E-state index in [9.17, 15) is 9.59 Å². The minimum atomic E-state index is -0.00890. The predicted molar refractivity (Wildman–Crippen MR) is 142 cm³/mol. The lowest BCUT2D eigenvalue weighted by molar-refractivity contribution is -0.137. The van der Waals surface area contributed by atoms with Gasteiger partial charge in [0.05, 0.1) is 19.2 Å². The van der Waals surface area contributed by atoms with Crippen LogP contribution in [-0.2, 0) is 27.4 Å². The third kappa shape index (κ3) is 5.86. The normalized spacial score (nSPS) is 18.5. The average Bonchev–Trinajstić information content (AvgIpc) is 3.25. The summed E-state index contributed by atoms with van der Waals surface area (Å²) in [6, 6.07) is 22.7. The van der Waals surface area contributed by atoms with Gasteiger partial charge >= 0.3 is 0 Å². The molecule has 2 aliphatic heterocycles. The Balaban J connectivity index is 1.16. The van der Waals surface area contributed by atoms with Gasteiger partial charge in [0.1, 0.15) is 6.61 Å². The number of amides is 2. The molecule has 0 saturated carbocycles. The fourth-order valence-corrected chi connectivity index (χ4v) is 6.08. The number of rotatable bonds is 7. The van der Waals surface area contributed by atoms with Crippen LogP contribution in [0.15, 0.2) is 72.1 Å². The van der Waals surface area contributed by atoms with Gasteiger partial charge in [-0.15, -0.1) is 11.3 Å². The molecule has 0 aliphatic carbocycles. The highest BCUT2D eigenvalue weighted by molar-refractivity contribution is 7.10. The molecule has 6 nitrogen and oxygen atoms in total. The van der Waals surface area contributed by atoms with Crippen LogP contribution in [0.25, 0.3) is 0 Å². The first-order valence-corrected chi connectivity index (χ1v) is 13.6. The van der Waals surface area contributed by atoms with Gasteiger partial charge in [-0.25, -0.2) is 0 Å². The summed E-state index contributed by atoms with van der Waals surface area (Å²) in [5.74, 6) is 0.134. The highest BCUT2D eigenvalue weighted by Gasteiger charge is 2.32. The Hall–Kier alpha value is -3.00. The number of thiophene rings is 1. The molecule has 1 saturated heterocycles. The Bertz CT molecular complexity index is 1150. The summed E-state index contributed by atoms with van der Waals surface area (Å²) in [6.45, 7) is 4.21. The molecular formula is C29H33N3O3S. The van der Waals surface area contributed by atoms with E-state index in [4.69, 9.17) is 4.74 Å². The summed E-state index contributed by atoms with van der Waals surface area (Å²) in [7, 11) is 0. The van der Waals surface area contributed by atoms with Crippen molar-refractivity contribution in [2.45, 2.75) is 25.5 Å². The molecule has 2 amide bonds. The zero-order chi connectivity index (χ0) is 24.7. The molecule has 5 rings (SSSR count). The molecule has 0 bridgehead atoms. The van der Waals surface area contributed by atoms with Gasteiger partial charge in [-0.05, 0) is 41.0 Å². The number of fused-ring (bicyclic) bond motifs is 1. The van der Waals surface area contributed by atoms with Gasteiger partial charge in [-0.2, -0.15) is 0 Å². The molecule has 1 fully saturated rings. The number of carbonyl (C=O) groups is 2. The van der Waals surface area contributed by atoms with Crippen molar-refractivity contribution < 1.29 is 14.3 Å². The summed E-state index contributed by atoms with van der Waals surface area (Å²) in [5.41, 5.74) is 3.61. The van der Waals surface area contributed by atoms with Crippen LogP contribution in [0.4, 0.5) is 0 Å². The molecule has 0 radical (unpaired) electrons. The van der Waals surface area contributed by atoms with Gasteiger partial charge in [0.2, 0.25) is 11.8 Å². The highest BCUT2D eigenvalue weighted by atomic mass is 32.1. The second-order valence-electron chi connectivity index (χ2n) is 9.43. The summed E-state index contributed by atoms with van der Waals surface area (Å²) < 4.78 is 5.65. The summed E-state index contributed by atoms with van der Waals surface area (Å²) in [4.78, 5) is 33.6. The molecule has 1 atom stereocenters. The summed E-state index contributed by atoms with van der Waals surface area (Å²) in [5, 5.41) is 2.16. The maximum absolute atomic E-state index is 13.4. The van der Waals surface area contributed by atoms with Gasteiger partial charge in [0.15, 0.2) is 0 Å². The lowest BCUT2D eigenvalue weighted by Gasteiger charge is -2.37. The van der Waals surface area contributed by atoms with Gasteiger partial charge in [0.25, 0.3) is 0 Å². The largest absolute Gasteiger partial charge is 0.367 e. The Morgan fingerprint density at radius 3 is 2.28 bits per heavy atom. The Morgan fingerprint density at radius 2 is 1.53 bits per heavy atom. The molecule has 188 valence electrons. The standard InChI is InChI=1S/C29H33N3O3S/c33-27(20-32-16-12-26-25(13-19-36-26)29(32)24-10-5-2-6-11-24)30-14-7-15-31(18-17-30)28(34)22-35-21-23-8-3-1-4-9-23/h1-6,8-11,13,19,29H,7,12,14-18,20-22H2. The smallest absolute Gasteiger partial charge is 0.248 e. The number of benzene rings is 2. The van der Waals surface area contributed by atoms with Crippen molar-refractivity contribution in [2.75, 3.05) is 45.9 Å². The molecule has 2 aromatic carbocycles. The number of ether oxygens (including phenoxy) is 1. The molecule has 2 aliphatic rings. The van der Waals surface area contributed by atoms with Gasteiger partial charge in [-0.1, -0.05) is 60.7 Å². The molecule has 0 spiro atoms. The molecule has 0 N–H and O–H groups in total. The van der Waals surface area contributed by atoms with Crippen molar-refractivity contribution >= 4 is 23.2 Å². The van der Waals surface area contributed by atoms with E-state index < -0.39 is 0 Å². The Kier molecular flexibility index (Phi) is 8.11. The summed E-state index contributed by atoms with van der Waals surface area (Å²) >= 11 is 1.81. The predicted octanol–water partition coefficient (Wildman–Crippen LogP) is 3.97. The van der Waals surface area contributed by atoms with Crippen LogP contribution in [0.2, 0.25) is 0 Å². The van der Waals surface area contributed by atoms with Crippen molar-refractivity contribution in [1.29, 1.82) is 0 Å². The van der Waals surface area contributed by atoms with E-state index in [-0.39, 0.29) is 24.5 Å². The second kappa shape index (κ2) is 11.8. The molecular weight excluding hydrogens is 470 g/mol. The van der Waals surface area contributed by atoms with E-state index in [1.54, 1.807) is 0 Å². The Labute approximate surface area is 217 Å². The van der Waals surface area contributed by atoms with Crippen LogP contribution < -0.4 is 0 Å². The minimum absolute atomic E-state index is 0.00890. The van der Waals surface area contributed by atoms with E-state index in [1.807, 2.05) is 57.5 Å². The first-order chi connectivity index (χ1) is 17.7. The monoisotopic (exact) mass is 503 g/mol. The second-order valence-corrected chi connectivity index (χ2v) is 10.4. The van der Waals surface area contributed by atoms with Crippen LogP contribution in [0, 0.1) is 0 Å². The van der Waals surface area contributed by atoms with E-state index in [0.29, 0.717) is 39.3 Å². The van der Waals surface area contributed by atoms with Crippen molar-refractivity contribution in [3.05, 3.63) is 93.7 Å². The van der Waals surface area contributed by atoms with E-state index in [1.165, 1.54) is 16.0 Å². The van der Waals surface area contributed by atoms with Crippen molar-refractivity contribution in [1.82, 2.24) is 14.7 Å². The Morgan fingerprint density at radius 1 is 0.833 bits per heavy atom. The quantitative estimate of drug-likeness (QED) is 0.490. The van der Waals surface area contributed by atoms with E-state index in [2.05, 4.69) is 40.6 Å². The molecule has 3 aromatic rings. The minimum Gasteiger partial charge on any atom is -0.367 e. The van der Waals surface area contributed by atoms with Crippen LogP contribution >= 0.6 is 11.3 Å². The van der Waals surface area contributed by atoms with Crippen molar-refractivity contribution in [3.63, 3.8) is 0 Å². The summed E-state index contributed by atoms with van der Waals surface area (Å²) in [6.07, 6.45) is 1.77. The third-order valence-electron chi connectivity index (χ3n) is 7.06. The fourth-order valence-electron chi connectivity index (χ4n) is 5.18. The maximum Gasteiger partial charge on any atom is 0.248 e. The molecule has 1 unspecified atom stereocenters. The topological polar surface area (TPSA) is 53.1 Å². The molecule has 7 heteroatoms. The number of carbonyl (C=O) groups excluding carboxylic acids is 2. The van der Waals surface area contributed by atoms with Gasteiger partial charge in [0, 0.05) is 37.6 Å². The number of hydrogen-bond acceptors (Lipinski definition) is 5. The lowest BCUT2D eigenvalue weighted by Crippen LogP contribution is -2.45. The number of hydrogen-bond donors (Lipinski definition) is 0. The van der Waals surface area contributed by atoms with Crippen molar-refractivity contribution in [2.24, 2.45) is 0 Å². The maximum atomic E-state index is 13.4. The van der Waals surface area contributed by atoms with Gasteiger partial charge in [-0.3, -0.25) is 14.5 Å². The van der Waals surface area contributed by atoms with E-state index in [0.717, 1.165) is 24.9 Å². The zero-order valence-corrected chi connectivity index (χ0v) is 21.4. The lowest BCUT2D eigenvalue weighted by atomic mass is 9.93. The fraction of sp³-hybridized carbons (Fsp3) is 0.379.